The van der Waals surface area contributed by atoms with Crippen molar-refractivity contribution in [2.45, 2.75) is 6.42 Å². The third kappa shape index (κ3) is 2.04. The van der Waals surface area contributed by atoms with Crippen molar-refractivity contribution in [3.8, 4) is 0 Å². The van der Waals surface area contributed by atoms with Crippen molar-refractivity contribution in [1.29, 1.82) is 0 Å². The molecule has 0 aliphatic heterocycles. The van der Waals surface area contributed by atoms with Gasteiger partial charge in [-0.3, -0.25) is 9.59 Å². The van der Waals surface area contributed by atoms with Gasteiger partial charge in [-0.1, -0.05) is 18.2 Å². The molecule has 0 radical (unpaired) electrons. The number of amides is 1. The van der Waals surface area contributed by atoms with Crippen LogP contribution in [-0.2, 0) is 9.59 Å². The number of ketones is 1. The van der Waals surface area contributed by atoms with Gasteiger partial charge in [0.2, 0.25) is 5.91 Å². The lowest BCUT2D eigenvalue weighted by molar-refractivity contribution is -0.123. The fraction of sp³-hybridized carbons (Fsp3) is 0.250. The number of carbonyl (C=O) groups excluding carboxylic acids is 2. The van der Waals surface area contributed by atoms with Gasteiger partial charge >= 0.3 is 0 Å². The largest absolute Gasteiger partial charge is 0.370 e. The SMILES string of the molecule is NC(=O)CC1C=CC=CC1=O. The highest BCUT2D eigenvalue weighted by Crippen LogP contribution is 2.10. The van der Waals surface area contributed by atoms with E-state index >= 15 is 0 Å². The second-order valence-corrected chi connectivity index (χ2v) is 2.42. The van der Waals surface area contributed by atoms with Gasteiger partial charge in [-0.25, -0.2) is 0 Å². The topological polar surface area (TPSA) is 60.2 Å². The van der Waals surface area contributed by atoms with Crippen LogP contribution in [-0.4, -0.2) is 11.7 Å². The number of nitrogens with two attached hydrogens (primary N) is 1. The van der Waals surface area contributed by atoms with Crippen molar-refractivity contribution in [3.63, 3.8) is 0 Å². The van der Waals surface area contributed by atoms with Crippen LogP contribution in [0.25, 0.3) is 0 Å². The van der Waals surface area contributed by atoms with E-state index in [1.54, 1.807) is 18.2 Å². The highest BCUT2D eigenvalue weighted by molar-refractivity contribution is 5.96. The number of primary amides is 1. The van der Waals surface area contributed by atoms with Gasteiger partial charge in [0.15, 0.2) is 5.78 Å². The van der Waals surface area contributed by atoms with E-state index in [4.69, 9.17) is 5.73 Å². The first kappa shape index (κ1) is 7.72. The van der Waals surface area contributed by atoms with E-state index in [1.165, 1.54) is 6.08 Å². The fourth-order valence-corrected chi connectivity index (χ4v) is 0.952. The van der Waals surface area contributed by atoms with Crippen molar-refractivity contribution < 1.29 is 9.59 Å². The molecule has 11 heavy (non-hydrogen) atoms. The molecule has 1 atom stereocenters. The van der Waals surface area contributed by atoms with E-state index in [0.29, 0.717) is 0 Å². The molecule has 0 saturated heterocycles. The predicted molar refractivity (Wildman–Crippen MR) is 40.6 cm³/mol. The van der Waals surface area contributed by atoms with E-state index in [9.17, 15) is 9.59 Å². The van der Waals surface area contributed by atoms with Crippen molar-refractivity contribution >= 4 is 11.7 Å². The van der Waals surface area contributed by atoms with Gasteiger partial charge in [0, 0.05) is 12.3 Å². The van der Waals surface area contributed by atoms with Crippen LogP contribution in [0.1, 0.15) is 6.42 Å². The third-order valence-electron chi connectivity index (χ3n) is 1.50. The summed E-state index contributed by atoms with van der Waals surface area (Å²) in [5.41, 5.74) is 4.94. The zero-order chi connectivity index (χ0) is 8.27. The molecule has 0 saturated carbocycles. The number of carbonyl (C=O) groups is 2. The average Bonchev–Trinajstić information content (AvgIpc) is 1.93. The quantitative estimate of drug-likeness (QED) is 0.611. The maximum atomic E-state index is 11.0. The predicted octanol–water partition coefficient (Wildman–Crippen LogP) is 0.173. The highest BCUT2D eigenvalue weighted by Gasteiger charge is 2.16. The number of allylic oxidation sites excluding steroid dienone is 4. The molecule has 0 aromatic heterocycles. The van der Waals surface area contributed by atoms with Crippen LogP contribution < -0.4 is 5.73 Å². The Labute approximate surface area is 64.6 Å². The Hall–Kier alpha value is -1.38. The zero-order valence-corrected chi connectivity index (χ0v) is 5.99. The molecule has 1 unspecified atom stereocenters. The van der Waals surface area contributed by atoms with E-state index in [1.807, 2.05) is 0 Å². The molecular weight excluding hydrogens is 142 g/mol. The summed E-state index contributed by atoms with van der Waals surface area (Å²) < 4.78 is 0. The summed E-state index contributed by atoms with van der Waals surface area (Å²) in [5.74, 6) is -0.827. The first-order valence-electron chi connectivity index (χ1n) is 3.37. The lowest BCUT2D eigenvalue weighted by Gasteiger charge is -2.07. The summed E-state index contributed by atoms with van der Waals surface area (Å²) in [5, 5.41) is 0. The molecule has 0 aromatic carbocycles. The molecule has 1 aliphatic rings. The second-order valence-electron chi connectivity index (χ2n) is 2.42. The molecule has 3 nitrogen and oxygen atoms in total. The normalized spacial score (nSPS) is 22.2. The van der Waals surface area contributed by atoms with Crippen molar-refractivity contribution in [2.75, 3.05) is 0 Å². The van der Waals surface area contributed by atoms with Gasteiger partial charge in [-0.15, -0.1) is 0 Å². The van der Waals surface area contributed by atoms with Crippen LogP contribution in [0.3, 0.4) is 0 Å². The summed E-state index contributed by atoms with van der Waals surface area (Å²) in [6.07, 6.45) is 6.65. The van der Waals surface area contributed by atoms with Crippen LogP contribution in [0, 0.1) is 5.92 Å². The van der Waals surface area contributed by atoms with Crippen molar-refractivity contribution in [2.24, 2.45) is 11.7 Å². The number of hydrogen-bond acceptors (Lipinski definition) is 2. The summed E-state index contributed by atoms with van der Waals surface area (Å²) in [7, 11) is 0. The molecule has 0 heterocycles. The van der Waals surface area contributed by atoms with Crippen LogP contribution in [0.5, 0.6) is 0 Å². The van der Waals surface area contributed by atoms with Crippen LogP contribution in [0.4, 0.5) is 0 Å². The summed E-state index contributed by atoms with van der Waals surface area (Å²) in [6, 6.07) is 0. The minimum Gasteiger partial charge on any atom is -0.370 e. The standard InChI is InChI=1S/C8H9NO2/c9-8(11)5-6-3-1-2-4-7(6)10/h1-4,6H,5H2,(H2,9,11). The average molecular weight is 151 g/mol. The van der Waals surface area contributed by atoms with E-state index < -0.39 is 5.91 Å². The Morgan fingerprint density at radius 1 is 1.55 bits per heavy atom. The molecule has 58 valence electrons. The molecule has 1 rings (SSSR count). The molecule has 1 amide bonds. The summed E-state index contributed by atoms with van der Waals surface area (Å²) in [4.78, 5) is 21.4. The molecule has 1 aliphatic carbocycles. The number of rotatable bonds is 2. The molecule has 2 N–H and O–H groups in total. The Kier molecular flexibility index (Phi) is 2.21. The smallest absolute Gasteiger partial charge is 0.218 e. The maximum Gasteiger partial charge on any atom is 0.218 e. The van der Waals surface area contributed by atoms with Gasteiger partial charge in [0.1, 0.15) is 0 Å². The summed E-state index contributed by atoms with van der Waals surface area (Å²) >= 11 is 0. The van der Waals surface area contributed by atoms with Crippen LogP contribution in [0.2, 0.25) is 0 Å². The van der Waals surface area contributed by atoms with Gasteiger partial charge in [0.25, 0.3) is 0 Å². The summed E-state index contributed by atoms with van der Waals surface area (Å²) in [6.45, 7) is 0. The first-order valence-corrected chi connectivity index (χ1v) is 3.37. The Bertz CT molecular complexity index is 240. The Morgan fingerprint density at radius 3 is 2.82 bits per heavy atom. The van der Waals surface area contributed by atoms with E-state index in [0.717, 1.165) is 0 Å². The molecule has 0 spiro atoms. The molecule has 0 aromatic rings. The van der Waals surface area contributed by atoms with Crippen molar-refractivity contribution in [3.05, 3.63) is 24.3 Å². The van der Waals surface area contributed by atoms with Gasteiger partial charge in [0.05, 0.1) is 0 Å². The van der Waals surface area contributed by atoms with Crippen molar-refractivity contribution in [1.82, 2.24) is 0 Å². The van der Waals surface area contributed by atoms with Gasteiger partial charge in [-0.2, -0.15) is 0 Å². The first-order chi connectivity index (χ1) is 5.20. The minimum atomic E-state index is -0.441. The lowest BCUT2D eigenvalue weighted by Crippen LogP contribution is -2.21. The highest BCUT2D eigenvalue weighted by atomic mass is 16.1. The minimum absolute atomic E-state index is 0.0497. The van der Waals surface area contributed by atoms with Gasteiger partial charge in [-0.05, 0) is 6.08 Å². The lowest BCUT2D eigenvalue weighted by atomic mass is 9.96. The monoisotopic (exact) mass is 151 g/mol. The molecular formula is C8H9NO2. The Balaban J connectivity index is 2.59. The molecule has 0 bridgehead atoms. The second kappa shape index (κ2) is 3.14. The Morgan fingerprint density at radius 2 is 2.27 bits per heavy atom. The van der Waals surface area contributed by atoms with Gasteiger partial charge < -0.3 is 5.73 Å². The van der Waals surface area contributed by atoms with Crippen LogP contribution >= 0.6 is 0 Å². The van der Waals surface area contributed by atoms with E-state index in [-0.39, 0.29) is 18.1 Å². The molecule has 0 fully saturated rings. The zero-order valence-electron chi connectivity index (χ0n) is 5.99. The maximum absolute atomic E-state index is 11.0. The fourth-order valence-electron chi connectivity index (χ4n) is 0.952. The van der Waals surface area contributed by atoms with Crippen LogP contribution in [0.15, 0.2) is 24.3 Å². The third-order valence-corrected chi connectivity index (χ3v) is 1.50. The van der Waals surface area contributed by atoms with E-state index in [2.05, 4.69) is 0 Å². The molecule has 3 heteroatoms. The number of hydrogen-bond donors (Lipinski definition) is 1.